The summed E-state index contributed by atoms with van der Waals surface area (Å²) in [5.41, 5.74) is 2.76. The number of H-pyrrole nitrogens is 1. The van der Waals surface area contributed by atoms with E-state index in [1.54, 1.807) is 30.5 Å². The second-order valence-corrected chi connectivity index (χ2v) is 5.08. The minimum Gasteiger partial charge on any atom is -0.359 e. The van der Waals surface area contributed by atoms with E-state index < -0.39 is 5.82 Å². The number of benzene rings is 2. The second kappa shape index (κ2) is 6.37. The summed E-state index contributed by atoms with van der Waals surface area (Å²) in [5, 5.41) is 5.97. The van der Waals surface area contributed by atoms with Crippen molar-refractivity contribution in [3.63, 3.8) is 0 Å². The van der Waals surface area contributed by atoms with Crippen LogP contribution in [-0.2, 0) is 9.59 Å². The molecule has 5 nitrogen and oxygen atoms in total. The van der Waals surface area contributed by atoms with E-state index in [9.17, 15) is 14.0 Å². The van der Waals surface area contributed by atoms with Gasteiger partial charge >= 0.3 is 0 Å². The minimum atomic E-state index is -0.412. The van der Waals surface area contributed by atoms with Gasteiger partial charge < -0.3 is 15.6 Å². The largest absolute Gasteiger partial charge is 0.359 e. The first kappa shape index (κ1) is 15.5. The minimum absolute atomic E-state index is 0.346. The molecule has 0 unspecified atom stereocenters. The maximum Gasteiger partial charge on any atom is 0.247 e. The summed E-state index contributed by atoms with van der Waals surface area (Å²) < 4.78 is 14.3. The molecule has 2 amide bonds. The van der Waals surface area contributed by atoms with Crippen LogP contribution in [0.25, 0.3) is 22.0 Å². The van der Waals surface area contributed by atoms with Crippen molar-refractivity contribution in [1.29, 1.82) is 0 Å². The number of anilines is 2. The van der Waals surface area contributed by atoms with Crippen molar-refractivity contribution in [2.75, 3.05) is 10.6 Å². The molecule has 0 fully saturated rings. The van der Waals surface area contributed by atoms with Crippen LogP contribution in [0, 0.1) is 5.82 Å². The fourth-order valence-corrected chi connectivity index (χ4v) is 2.58. The molecule has 120 valence electrons. The number of amides is 2. The van der Waals surface area contributed by atoms with Gasteiger partial charge in [-0.25, -0.2) is 4.39 Å². The van der Waals surface area contributed by atoms with Gasteiger partial charge in [-0.2, -0.15) is 0 Å². The molecule has 2 aromatic carbocycles. The van der Waals surface area contributed by atoms with Gasteiger partial charge in [-0.15, -0.1) is 0 Å². The number of aromatic amines is 1. The standard InChI is InChI=1S/C18H14FN3O2/c1-2-17(24)22-11-3-5-15(19)14(9-11)12-4-6-16(21-10-23)18-13(12)7-8-20-18/h2-10,20H,1H2,(H,21,23)(H,22,24). The highest BCUT2D eigenvalue weighted by molar-refractivity contribution is 6.04. The summed E-state index contributed by atoms with van der Waals surface area (Å²) in [6.45, 7) is 3.39. The van der Waals surface area contributed by atoms with Crippen LogP contribution in [0.15, 0.2) is 55.3 Å². The molecule has 0 bridgehead atoms. The van der Waals surface area contributed by atoms with Gasteiger partial charge in [0.25, 0.3) is 0 Å². The van der Waals surface area contributed by atoms with Gasteiger partial charge in [-0.3, -0.25) is 9.59 Å². The number of rotatable bonds is 5. The molecule has 0 spiro atoms. The molecule has 3 rings (SSSR count). The average Bonchev–Trinajstić information content (AvgIpc) is 3.07. The number of halogens is 1. The quantitative estimate of drug-likeness (QED) is 0.495. The molecular weight excluding hydrogens is 309 g/mol. The molecular formula is C18H14FN3O2. The van der Waals surface area contributed by atoms with Crippen molar-refractivity contribution >= 4 is 34.6 Å². The second-order valence-electron chi connectivity index (χ2n) is 5.08. The number of hydrogen-bond acceptors (Lipinski definition) is 2. The average molecular weight is 323 g/mol. The lowest BCUT2D eigenvalue weighted by Crippen LogP contribution is -2.07. The first-order valence-electron chi connectivity index (χ1n) is 7.17. The van der Waals surface area contributed by atoms with Gasteiger partial charge in [0, 0.05) is 22.8 Å². The highest BCUT2D eigenvalue weighted by Gasteiger charge is 2.13. The fourth-order valence-electron chi connectivity index (χ4n) is 2.58. The number of fused-ring (bicyclic) bond motifs is 1. The van der Waals surface area contributed by atoms with E-state index in [1.165, 1.54) is 12.1 Å². The van der Waals surface area contributed by atoms with Crippen LogP contribution in [0.3, 0.4) is 0 Å². The van der Waals surface area contributed by atoms with Crippen LogP contribution in [0.5, 0.6) is 0 Å². The Morgan fingerprint density at radius 2 is 2.00 bits per heavy atom. The molecule has 0 saturated carbocycles. The van der Waals surface area contributed by atoms with Crippen LogP contribution >= 0.6 is 0 Å². The lowest BCUT2D eigenvalue weighted by atomic mass is 9.99. The van der Waals surface area contributed by atoms with Gasteiger partial charge in [-0.05, 0) is 42.0 Å². The van der Waals surface area contributed by atoms with Crippen molar-refractivity contribution in [3.05, 3.63) is 61.1 Å². The van der Waals surface area contributed by atoms with Gasteiger partial charge in [0.15, 0.2) is 0 Å². The van der Waals surface area contributed by atoms with E-state index in [4.69, 9.17) is 0 Å². The topological polar surface area (TPSA) is 74.0 Å². The van der Waals surface area contributed by atoms with Gasteiger partial charge in [-0.1, -0.05) is 12.6 Å². The van der Waals surface area contributed by atoms with E-state index in [0.29, 0.717) is 34.4 Å². The van der Waals surface area contributed by atoms with E-state index in [2.05, 4.69) is 22.2 Å². The van der Waals surface area contributed by atoms with Crippen LogP contribution in [0.4, 0.5) is 15.8 Å². The normalized spacial score (nSPS) is 10.4. The van der Waals surface area contributed by atoms with Crippen LogP contribution in [-0.4, -0.2) is 17.3 Å². The number of hydrogen-bond donors (Lipinski definition) is 3. The van der Waals surface area contributed by atoms with Crippen LogP contribution in [0.1, 0.15) is 0 Å². The Labute approximate surface area is 137 Å². The molecule has 0 saturated heterocycles. The molecule has 0 radical (unpaired) electrons. The van der Waals surface area contributed by atoms with Gasteiger partial charge in [0.05, 0.1) is 11.2 Å². The number of aromatic nitrogens is 1. The Bertz CT molecular complexity index is 947. The van der Waals surface area contributed by atoms with Crippen molar-refractivity contribution in [2.24, 2.45) is 0 Å². The molecule has 0 aliphatic heterocycles. The van der Waals surface area contributed by atoms with E-state index in [-0.39, 0.29) is 5.91 Å². The Balaban J connectivity index is 2.13. The molecule has 1 heterocycles. The maximum atomic E-state index is 14.3. The van der Waals surface area contributed by atoms with E-state index >= 15 is 0 Å². The molecule has 1 aromatic heterocycles. The first-order chi connectivity index (χ1) is 11.6. The summed E-state index contributed by atoms with van der Waals surface area (Å²) in [7, 11) is 0. The molecule has 0 aliphatic carbocycles. The Hall–Kier alpha value is -3.41. The molecule has 6 heteroatoms. The fraction of sp³-hybridized carbons (Fsp3) is 0. The summed E-state index contributed by atoms with van der Waals surface area (Å²) in [4.78, 5) is 25.2. The third kappa shape index (κ3) is 2.77. The lowest BCUT2D eigenvalue weighted by Gasteiger charge is -2.11. The zero-order valence-electron chi connectivity index (χ0n) is 12.6. The Morgan fingerprint density at radius 3 is 2.75 bits per heavy atom. The van der Waals surface area contributed by atoms with E-state index in [1.807, 2.05) is 0 Å². The zero-order valence-corrected chi connectivity index (χ0v) is 12.6. The third-order valence-electron chi connectivity index (χ3n) is 3.65. The van der Waals surface area contributed by atoms with E-state index in [0.717, 1.165) is 11.5 Å². The zero-order chi connectivity index (χ0) is 17.1. The van der Waals surface area contributed by atoms with Crippen LogP contribution < -0.4 is 10.6 Å². The lowest BCUT2D eigenvalue weighted by molar-refractivity contribution is -0.112. The van der Waals surface area contributed by atoms with Crippen molar-refractivity contribution in [2.45, 2.75) is 0 Å². The number of nitrogens with one attached hydrogen (secondary N) is 3. The third-order valence-corrected chi connectivity index (χ3v) is 3.65. The summed E-state index contributed by atoms with van der Waals surface area (Å²) >= 11 is 0. The number of carbonyl (C=O) groups excluding carboxylic acids is 2. The molecule has 3 aromatic rings. The van der Waals surface area contributed by atoms with Crippen molar-refractivity contribution in [3.8, 4) is 11.1 Å². The summed E-state index contributed by atoms with van der Waals surface area (Å²) in [6, 6.07) is 9.55. The molecule has 3 N–H and O–H groups in total. The SMILES string of the molecule is C=CC(=O)Nc1ccc(F)c(-c2ccc(NC=O)c3[nH]ccc23)c1. The predicted molar refractivity (Wildman–Crippen MR) is 92.2 cm³/mol. The molecule has 24 heavy (non-hydrogen) atoms. The number of carbonyl (C=O) groups is 2. The van der Waals surface area contributed by atoms with Crippen molar-refractivity contribution in [1.82, 2.24) is 4.98 Å². The van der Waals surface area contributed by atoms with Gasteiger partial charge in [0.1, 0.15) is 5.82 Å². The first-order valence-corrected chi connectivity index (χ1v) is 7.17. The summed E-state index contributed by atoms with van der Waals surface area (Å²) in [6.07, 6.45) is 3.44. The Morgan fingerprint density at radius 1 is 1.17 bits per heavy atom. The monoisotopic (exact) mass is 323 g/mol. The maximum absolute atomic E-state index is 14.3. The highest BCUT2D eigenvalue weighted by Crippen LogP contribution is 2.35. The van der Waals surface area contributed by atoms with Crippen molar-refractivity contribution < 1.29 is 14.0 Å². The van der Waals surface area contributed by atoms with Crippen LogP contribution in [0.2, 0.25) is 0 Å². The van der Waals surface area contributed by atoms with Gasteiger partial charge in [0.2, 0.25) is 12.3 Å². The smallest absolute Gasteiger partial charge is 0.247 e. The highest BCUT2D eigenvalue weighted by atomic mass is 19.1. The molecule has 0 atom stereocenters. The molecule has 0 aliphatic rings. The Kier molecular flexibility index (Phi) is 4.11. The summed E-state index contributed by atoms with van der Waals surface area (Å²) in [5.74, 6) is -0.782. The predicted octanol–water partition coefficient (Wildman–Crippen LogP) is 3.67.